The van der Waals surface area contributed by atoms with E-state index in [1.165, 1.54) is 17.1 Å². The van der Waals surface area contributed by atoms with Crippen molar-refractivity contribution in [2.75, 3.05) is 13.2 Å². The van der Waals surface area contributed by atoms with E-state index in [4.69, 9.17) is 17.0 Å². The minimum Gasteiger partial charge on any atom is -0.504 e. The Balaban J connectivity index is 2.45. The fourth-order valence-corrected chi connectivity index (χ4v) is 2.97. The maximum Gasteiger partial charge on any atom is 0.265 e. The van der Waals surface area contributed by atoms with Crippen molar-refractivity contribution in [3.05, 3.63) is 39.5 Å². The Labute approximate surface area is 158 Å². The lowest BCUT2D eigenvalue weighted by Gasteiger charge is -2.27. The molecule has 1 saturated heterocycles. The highest BCUT2D eigenvalue weighted by Crippen LogP contribution is 2.33. The molecule has 126 valence electrons. The Bertz CT molecular complexity index is 761. The van der Waals surface area contributed by atoms with Crippen LogP contribution in [0.2, 0.25) is 0 Å². The molecule has 0 bridgehead atoms. The van der Waals surface area contributed by atoms with E-state index in [9.17, 15) is 14.7 Å². The van der Waals surface area contributed by atoms with E-state index in [-0.39, 0.29) is 23.0 Å². The number of aromatic hydroxyl groups is 1. The molecule has 1 aliphatic rings. The van der Waals surface area contributed by atoms with E-state index in [0.29, 0.717) is 21.5 Å². The Kier molecular flexibility index (Phi) is 5.94. The van der Waals surface area contributed by atoms with Crippen LogP contribution in [0.15, 0.2) is 30.4 Å². The molecule has 0 atom stereocenters. The van der Waals surface area contributed by atoms with Crippen molar-refractivity contribution in [1.82, 2.24) is 10.2 Å². The quantitative estimate of drug-likeness (QED) is 0.233. The lowest BCUT2D eigenvalue weighted by atomic mass is 10.1. The Hall–Kier alpha value is -1.94. The van der Waals surface area contributed by atoms with E-state index in [0.717, 1.165) is 0 Å². The van der Waals surface area contributed by atoms with Gasteiger partial charge in [0.15, 0.2) is 16.6 Å². The topological polar surface area (TPSA) is 78.9 Å². The predicted octanol–water partition coefficient (Wildman–Crippen LogP) is 2.21. The van der Waals surface area contributed by atoms with Crippen LogP contribution < -0.4 is 10.1 Å². The van der Waals surface area contributed by atoms with E-state index < -0.39 is 11.8 Å². The number of nitrogens with one attached hydrogen (secondary N) is 1. The monoisotopic (exact) mass is 458 g/mol. The molecule has 1 fully saturated rings. The molecular formula is C16H15IN2O4S. The van der Waals surface area contributed by atoms with Crippen LogP contribution in [0.5, 0.6) is 11.5 Å². The summed E-state index contributed by atoms with van der Waals surface area (Å²) in [5.74, 6) is -0.747. The Morgan fingerprint density at radius 2 is 2.17 bits per heavy atom. The van der Waals surface area contributed by atoms with Crippen molar-refractivity contribution in [1.29, 1.82) is 0 Å². The number of phenols is 1. The van der Waals surface area contributed by atoms with Crippen LogP contribution in [0.1, 0.15) is 12.5 Å². The molecule has 8 heteroatoms. The summed E-state index contributed by atoms with van der Waals surface area (Å²) in [7, 11) is 0. The summed E-state index contributed by atoms with van der Waals surface area (Å²) in [5, 5.41) is 12.5. The number of carbonyl (C=O) groups is 2. The molecule has 1 aliphatic heterocycles. The smallest absolute Gasteiger partial charge is 0.265 e. The van der Waals surface area contributed by atoms with Crippen LogP contribution >= 0.6 is 34.8 Å². The first-order chi connectivity index (χ1) is 11.4. The summed E-state index contributed by atoms with van der Waals surface area (Å²) in [6.07, 6.45) is 2.97. The lowest BCUT2D eigenvalue weighted by molar-refractivity contribution is -0.128. The van der Waals surface area contributed by atoms with E-state index >= 15 is 0 Å². The third-order valence-electron chi connectivity index (χ3n) is 3.16. The maximum absolute atomic E-state index is 12.5. The fraction of sp³-hybridized carbons (Fsp3) is 0.188. The summed E-state index contributed by atoms with van der Waals surface area (Å²) >= 11 is 6.95. The zero-order chi connectivity index (χ0) is 17.9. The van der Waals surface area contributed by atoms with Gasteiger partial charge in [-0.15, -0.1) is 6.58 Å². The number of amides is 2. The SMILES string of the molecule is C=CCN1C(=O)/C(=C\c2cc(I)c(O)c(OCC)c2)C(=O)NC1=S. The summed E-state index contributed by atoms with van der Waals surface area (Å²) in [4.78, 5) is 25.8. The zero-order valence-electron chi connectivity index (χ0n) is 12.8. The molecule has 0 aromatic heterocycles. The third-order valence-corrected chi connectivity index (χ3v) is 4.30. The van der Waals surface area contributed by atoms with Gasteiger partial charge in [-0.05, 0) is 65.5 Å². The van der Waals surface area contributed by atoms with Crippen molar-refractivity contribution in [3.63, 3.8) is 0 Å². The summed E-state index contributed by atoms with van der Waals surface area (Å²) in [6.45, 7) is 5.95. The highest BCUT2D eigenvalue weighted by Gasteiger charge is 2.32. The van der Waals surface area contributed by atoms with Crippen molar-refractivity contribution < 1.29 is 19.4 Å². The maximum atomic E-state index is 12.5. The second kappa shape index (κ2) is 7.75. The highest BCUT2D eigenvalue weighted by molar-refractivity contribution is 14.1. The van der Waals surface area contributed by atoms with Crippen molar-refractivity contribution in [3.8, 4) is 11.5 Å². The molecule has 2 rings (SSSR count). The van der Waals surface area contributed by atoms with E-state index in [1.807, 2.05) is 22.6 Å². The first kappa shape index (κ1) is 18.4. The van der Waals surface area contributed by atoms with Crippen LogP contribution in [-0.2, 0) is 9.59 Å². The van der Waals surface area contributed by atoms with E-state index in [1.54, 1.807) is 19.1 Å². The summed E-state index contributed by atoms with van der Waals surface area (Å²) < 4.78 is 5.91. The van der Waals surface area contributed by atoms with Crippen molar-refractivity contribution in [2.45, 2.75) is 6.92 Å². The van der Waals surface area contributed by atoms with E-state index in [2.05, 4.69) is 11.9 Å². The first-order valence-electron chi connectivity index (χ1n) is 7.04. The summed E-state index contributed by atoms with van der Waals surface area (Å²) in [5.41, 5.74) is 0.514. The van der Waals surface area contributed by atoms with Gasteiger partial charge in [-0.3, -0.25) is 19.8 Å². The minimum absolute atomic E-state index is 0.0217. The number of hydrogen-bond acceptors (Lipinski definition) is 5. The molecule has 0 aliphatic carbocycles. The molecule has 2 N–H and O–H groups in total. The molecule has 6 nitrogen and oxygen atoms in total. The van der Waals surface area contributed by atoms with Gasteiger partial charge in [0.1, 0.15) is 5.57 Å². The van der Waals surface area contributed by atoms with Crippen molar-refractivity contribution in [2.24, 2.45) is 0 Å². The van der Waals surface area contributed by atoms with Crippen LogP contribution in [0, 0.1) is 3.57 Å². The molecule has 24 heavy (non-hydrogen) atoms. The van der Waals surface area contributed by atoms with Gasteiger partial charge in [-0.25, -0.2) is 0 Å². The molecule has 0 spiro atoms. The number of phenolic OH excluding ortho intramolecular Hbond substituents is 1. The number of benzene rings is 1. The van der Waals surface area contributed by atoms with Crippen LogP contribution in [-0.4, -0.2) is 40.1 Å². The average Bonchev–Trinajstić information content (AvgIpc) is 2.53. The number of nitrogens with zero attached hydrogens (tertiary/aromatic N) is 1. The molecule has 2 amide bonds. The van der Waals surface area contributed by atoms with Gasteiger partial charge in [0.2, 0.25) is 0 Å². The standard InChI is InChI=1S/C16H15IN2O4S/c1-3-5-19-15(22)10(14(21)18-16(19)24)6-9-7-11(17)13(20)12(8-9)23-4-2/h3,6-8,20H,1,4-5H2,2H3,(H,18,21,24)/b10-6-. The molecule has 1 aromatic carbocycles. The zero-order valence-corrected chi connectivity index (χ0v) is 15.8. The van der Waals surface area contributed by atoms with Gasteiger partial charge in [-0.1, -0.05) is 6.08 Å². The average molecular weight is 458 g/mol. The molecular weight excluding hydrogens is 443 g/mol. The van der Waals surface area contributed by atoms with Crippen LogP contribution in [0.3, 0.4) is 0 Å². The highest BCUT2D eigenvalue weighted by atomic mass is 127. The molecule has 1 heterocycles. The molecule has 0 radical (unpaired) electrons. The van der Waals surface area contributed by atoms with Gasteiger partial charge in [0.25, 0.3) is 11.8 Å². The second-order valence-electron chi connectivity index (χ2n) is 4.80. The first-order valence-corrected chi connectivity index (χ1v) is 8.52. The summed E-state index contributed by atoms with van der Waals surface area (Å²) in [6, 6.07) is 3.22. The van der Waals surface area contributed by atoms with Gasteiger partial charge >= 0.3 is 0 Å². The van der Waals surface area contributed by atoms with Gasteiger partial charge in [0, 0.05) is 6.54 Å². The number of rotatable bonds is 5. The Morgan fingerprint density at radius 1 is 1.46 bits per heavy atom. The van der Waals surface area contributed by atoms with Crippen molar-refractivity contribution >= 4 is 57.8 Å². The normalized spacial score (nSPS) is 16.3. The largest absolute Gasteiger partial charge is 0.504 e. The van der Waals surface area contributed by atoms with Gasteiger partial charge in [0.05, 0.1) is 10.2 Å². The predicted molar refractivity (Wildman–Crippen MR) is 103 cm³/mol. The Morgan fingerprint density at radius 3 is 2.79 bits per heavy atom. The number of halogens is 1. The van der Waals surface area contributed by atoms with Crippen LogP contribution in [0.25, 0.3) is 6.08 Å². The lowest BCUT2D eigenvalue weighted by Crippen LogP contribution is -2.53. The number of hydrogen-bond donors (Lipinski definition) is 2. The number of thiocarbonyl (C=S) groups is 1. The second-order valence-corrected chi connectivity index (χ2v) is 6.35. The minimum atomic E-state index is -0.564. The number of ether oxygens (including phenoxy) is 1. The van der Waals surface area contributed by atoms with Gasteiger partial charge < -0.3 is 9.84 Å². The number of carbonyl (C=O) groups excluding carboxylic acids is 2. The fourth-order valence-electron chi connectivity index (χ4n) is 2.10. The van der Waals surface area contributed by atoms with Crippen LogP contribution in [0.4, 0.5) is 0 Å². The molecule has 0 unspecified atom stereocenters. The molecule has 0 saturated carbocycles. The van der Waals surface area contributed by atoms with Gasteiger partial charge in [-0.2, -0.15) is 0 Å². The molecule has 1 aromatic rings. The third kappa shape index (κ3) is 3.75.